The van der Waals surface area contributed by atoms with Gasteiger partial charge in [-0.25, -0.2) is 14.4 Å². The van der Waals surface area contributed by atoms with Crippen LogP contribution in [0.2, 0.25) is 0 Å². The summed E-state index contributed by atoms with van der Waals surface area (Å²) in [5.41, 5.74) is 0.435. The molecule has 0 aromatic heterocycles. The molecule has 0 fully saturated rings. The van der Waals surface area contributed by atoms with Crippen LogP contribution in [0.15, 0.2) is 23.3 Å². The molecular formula is C16H22O6. The molecule has 1 atom stereocenters. The zero-order valence-corrected chi connectivity index (χ0v) is 13.2. The molecule has 0 aromatic rings. The third kappa shape index (κ3) is 4.44. The molecule has 1 rings (SSSR count). The van der Waals surface area contributed by atoms with E-state index in [2.05, 4.69) is 6.58 Å². The average molecular weight is 310 g/mol. The monoisotopic (exact) mass is 310 g/mol. The van der Waals surface area contributed by atoms with Crippen LogP contribution < -0.4 is 0 Å². The molecule has 0 spiro atoms. The first-order chi connectivity index (χ1) is 10.2. The van der Waals surface area contributed by atoms with Crippen LogP contribution in [0.3, 0.4) is 0 Å². The molecule has 0 radical (unpaired) electrons. The molecule has 6 nitrogen and oxygen atoms in total. The van der Waals surface area contributed by atoms with Crippen LogP contribution in [0.25, 0.3) is 0 Å². The molecule has 6 heteroatoms. The molecule has 0 heterocycles. The summed E-state index contributed by atoms with van der Waals surface area (Å²) in [5, 5.41) is 9.17. The molecule has 0 amide bonds. The van der Waals surface area contributed by atoms with Gasteiger partial charge in [-0.15, -0.1) is 0 Å². The van der Waals surface area contributed by atoms with E-state index >= 15 is 0 Å². The number of hydrogen-bond donors (Lipinski definition) is 1. The van der Waals surface area contributed by atoms with E-state index in [4.69, 9.17) is 14.6 Å². The Morgan fingerprint density at radius 1 is 1.18 bits per heavy atom. The van der Waals surface area contributed by atoms with Crippen molar-refractivity contribution in [3.63, 3.8) is 0 Å². The van der Waals surface area contributed by atoms with Gasteiger partial charge in [-0.1, -0.05) is 13.5 Å². The standard InChI is InChI=1S/C16H22O6/c1-5-16(4,21-14(19)10(2)3)22-15(20)12-9-7-6-8-11(12)13(17)18/h2,5-9H2,1,3-4H3,(H,17,18). The maximum atomic E-state index is 12.3. The molecular weight excluding hydrogens is 288 g/mol. The first-order valence-corrected chi connectivity index (χ1v) is 7.27. The van der Waals surface area contributed by atoms with Gasteiger partial charge in [0.2, 0.25) is 0 Å². The molecule has 1 N–H and O–H groups in total. The first kappa shape index (κ1) is 17.9. The highest BCUT2D eigenvalue weighted by Gasteiger charge is 2.34. The Bertz CT molecular complexity index is 531. The Morgan fingerprint density at radius 3 is 2.18 bits per heavy atom. The number of ether oxygens (including phenoxy) is 2. The Balaban J connectivity index is 2.94. The Hall–Kier alpha value is -2.11. The second kappa shape index (κ2) is 7.24. The summed E-state index contributed by atoms with van der Waals surface area (Å²) in [6, 6.07) is 0. The van der Waals surface area contributed by atoms with Crippen molar-refractivity contribution in [2.45, 2.75) is 58.7 Å². The van der Waals surface area contributed by atoms with Crippen molar-refractivity contribution < 1.29 is 29.0 Å². The van der Waals surface area contributed by atoms with E-state index in [0.717, 1.165) is 12.8 Å². The van der Waals surface area contributed by atoms with Gasteiger partial charge in [-0.05, 0) is 32.6 Å². The lowest BCUT2D eigenvalue weighted by molar-refractivity contribution is -0.218. The number of esters is 2. The molecule has 0 saturated carbocycles. The van der Waals surface area contributed by atoms with Crippen molar-refractivity contribution in [3.8, 4) is 0 Å². The highest BCUT2D eigenvalue weighted by atomic mass is 16.7. The van der Waals surface area contributed by atoms with Crippen LogP contribution in [-0.4, -0.2) is 28.8 Å². The highest BCUT2D eigenvalue weighted by molar-refractivity contribution is 6.00. The zero-order valence-electron chi connectivity index (χ0n) is 13.2. The number of aliphatic carboxylic acids is 1. The SMILES string of the molecule is C=C(C)C(=O)OC(C)(CC)OC(=O)C1=C(C(=O)O)CCCC1. The summed E-state index contributed by atoms with van der Waals surface area (Å²) in [4.78, 5) is 35.1. The van der Waals surface area contributed by atoms with E-state index in [-0.39, 0.29) is 23.1 Å². The Morgan fingerprint density at radius 2 is 1.73 bits per heavy atom. The lowest BCUT2D eigenvalue weighted by Gasteiger charge is -2.29. The summed E-state index contributed by atoms with van der Waals surface area (Å²) in [7, 11) is 0. The first-order valence-electron chi connectivity index (χ1n) is 7.27. The molecule has 0 aromatic carbocycles. The molecule has 1 unspecified atom stereocenters. The summed E-state index contributed by atoms with van der Waals surface area (Å²) in [5.74, 6) is -3.95. The summed E-state index contributed by atoms with van der Waals surface area (Å²) in [6.45, 7) is 8.14. The minimum absolute atomic E-state index is 0.0842. The number of carboxylic acids is 1. The van der Waals surface area contributed by atoms with E-state index in [1.54, 1.807) is 6.92 Å². The maximum absolute atomic E-state index is 12.3. The molecule has 0 aliphatic heterocycles. The van der Waals surface area contributed by atoms with E-state index < -0.39 is 23.7 Å². The van der Waals surface area contributed by atoms with Gasteiger partial charge in [0, 0.05) is 30.1 Å². The van der Waals surface area contributed by atoms with Crippen molar-refractivity contribution in [1.82, 2.24) is 0 Å². The minimum Gasteiger partial charge on any atom is -0.478 e. The predicted molar refractivity (Wildman–Crippen MR) is 78.8 cm³/mol. The lowest BCUT2D eigenvalue weighted by Crippen LogP contribution is -2.37. The van der Waals surface area contributed by atoms with Crippen molar-refractivity contribution in [2.75, 3.05) is 0 Å². The van der Waals surface area contributed by atoms with E-state index in [0.29, 0.717) is 12.8 Å². The molecule has 1 aliphatic carbocycles. The summed E-state index contributed by atoms with van der Waals surface area (Å²) < 4.78 is 10.4. The normalized spacial score (nSPS) is 17.4. The molecule has 1 aliphatic rings. The van der Waals surface area contributed by atoms with E-state index in [1.165, 1.54) is 13.8 Å². The van der Waals surface area contributed by atoms with Crippen molar-refractivity contribution >= 4 is 17.9 Å². The maximum Gasteiger partial charge on any atom is 0.337 e. The van der Waals surface area contributed by atoms with Crippen LogP contribution in [0.1, 0.15) is 52.9 Å². The molecule has 0 bridgehead atoms. The number of carbonyl (C=O) groups is 3. The van der Waals surface area contributed by atoms with Crippen molar-refractivity contribution in [3.05, 3.63) is 23.3 Å². The van der Waals surface area contributed by atoms with Crippen LogP contribution in [-0.2, 0) is 23.9 Å². The lowest BCUT2D eigenvalue weighted by atomic mass is 9.92. The zero-order chi connectivity index (χ0) is 16.9. The van der Waals surface area contributed by atoms with Crippen molar-refractivity contribution in [2.24, 2.45) is 0 Å². The third-order valence-corrected chi connectivity index (χ3v) is 3.58. The van der Waals surface area contributed by atoms with Crippen LogP contribution in [0.4, 0.5) is 0 Å². The van der Waals surface area contributed by atoms with Crippen LogP contribution in [0, 0.1) is 0 Å². The number of carbonyl (C=O) groups excluding carboxylic acids is 2. The second-order valence-electron chi connectivity index (χ2n) is 5.52. The number of hydrogen-bond acceptors (Lipinski definition) is 5. The van der Waals surface area contributed by atoms with Gasteiger partial charge in [-0.3, -0.25) is 0 Å². The second-order valence-corrected chi connectivity index (χ2v) is 5.52. The quantitative estimate of drug-likeness (QED) is 0.461. The third-order valence-electron chi connectivity index (χ3n) is 3.58. The largest absolute Gasteiger partial charge is 0.478 e. The molecule has 22 heavy (non-hydrogen) atoms. The van der Waals surface area contributed by atoms with Gasteiger partial charge in [0.05, 0.1) is 0 Å². The minimum atomic E-state index is -1.44. The average Bonchev–Trinajstić information content (AvgIpc) is 2.46. The topological polar surface area (TPSA) is 89.9 Å². The van der Waals surface area contributed by atoms with Gasteiger partial charge < -0.3 is 14.6 Å². The van der Waals surface area contributed by atoms with Gasteiger partial charge in [0.15, 0.2) is 0 Å². The van der Waals surface area contributed by atoms with E-state index in [9.17, 15) is 14.4 Å². The summed E-state index contributed by atoms with van der Waals surface area (Å²) in [6.07, 6.45) is 2.40. The fraction of sp³-hybridized carbons (Fsp3) is 0.562. The number of carboxylic acid groups (broad SMARTS) is 1. The Labute approximate surface area is 129 Å². The van der Waals surface area contributed by atoms with Gasteiger partial charge >= 0.3 is 17.9 Å². The number of rotatable bonds is 6. The molecule has 0 saturated heterocycles. The van der Waals surface area contributed by atoms with Crippen LogP contribution in [0.5, 0.6) is 0 Å². The fourth-order valence-corrected chi connectivity index (χ4v) is 2.07. The van der Waals surface area contributed by atoms with Crippen molar-refractivity contribution in [1.29, 1.82) is 0 Å². The fourth-order valence-electron chi connectivity index (χ4n) is 2.07. The van der Waals surface area contributed by atoms with Crippen LogP contribution >= 0.6 is 0 Å². The van der Waals surface area contributed by atoms with Gasteiger partial charge in [0.1, 0.15) is 0 Å². The Kier molecular flexibility index (Phi) is 5.91. The summed E-state index contributed by atoms with van der Waals surface area (Å²) >= 11 is 0. The van der Waals surface area contributed by atoms with Gasteiger partial charge in [0.25, 0.3) is 5.79 Å². The highest BCUT2D eigenvalue weighted by Crippen LogP contribution is 2.28. The van der Waals surface area contributed by atoms with E-state index in [1.807, 2.05) is 0 Å². The predicted octanol–water partition coefficient (Wildman–Crippen LogP) is 2.73. The van der Waals surface area contributed by atoms with Gasteiger partial charge in [-0.2, -0.15) is 0 Å². The molecule has 122 valence electrons. The smallest absolute Gasteiger partial charge is 0.337 e.